The van der Waals surface area contributed by atoms with Gasteiger partial charge in [0.1, 0.15) is 18.3 Å². The topological polar surface area (TPSA) is 63.5 Å². The van der Waals surface area contributed by atoms with Gasteiger partial charge in [-0.25, -0.2) is 4.99 Å². The van der Waals surface area contributed by atoms with Gasteiger partial charge in [0.05, 0.1) is 32.2 Å². The molecule has 1 aromatic carbocycles. The van der Waals surface area contributed by atoms with Crippen molar-refractivity contribution in [3.8, 4) is 11.8 Å². The van der Waals surface area contributed by atoms with Gasteiger partial charge in [0.2, 0.25) is 5.88 Å². The molecular formula is C24H30N2O4. The molecule has 0 bridgehead atoms. The summed E-state index contributed by atoms with van der Waals surface area (Å²) in [4.78, 5) is 6.69. The number of fused-ring (bicyclic) bond motifs is 3. The van der Waals surface area contributed by atoms with Crippen LogP contribution in [-0.2, 0) is 20.6 Å². The van der Waals surface area contributed by atoms with Crippen molar-refractivity contribution in [3.05, 3.63) is 46.8 Å². The van der Waals surface area contributed by atoms with Crippen molar-refractivity contribution < 1.29 is 19.3 Å². The second-order valence-corrected chi connectivity index (χ2v) is 7.96. The van der Waals surface area contributed by atoms with E-state index in [2.05, 4.69) is 39.9 Å². The highest BCUT2D eigenvalue weighted by atomic mass is 16.6. The van der Waals surface area contributed by atoms with Crippen LogP contribution >= 0.6 is 0 Å². The maximum Gasteiger partial charge on any atom is 0.212 e. The summed E-state index contributed by atoms with van der Waals surface area (Å²) in [5, 5.41) is 10.4. The zero-order chi connectivity index (χ0) is 21.0. The summed E-state index contributed by atoms with van der Waals surface area (Å²) in [5.41, 5.74) is 2.57. The first kappa shape index (κ1) is 20.9. The summed E-state index contributed by atoms with van der Waals surface area (Å²) < 4.78 is 17.0. The number of nitrogens with zero attached hydrogens (tertiary/aromatic N) is 2. The number of aliphatic imine (C=N–C) groups is 1. The number of hydrogen-bond donors (Lipinski definition) is 1. The molecule has 2 unspecified atom stereocenters. The first-order valence-electron chi connectivity index (χ1n) is 10.8. The molecule has 3 aliphatic heterocycles. The van der Waals surface area contributed by atoms with Gasteiger partial charge in [0.15, 0.2) is 0 Å². The van der Waals surface area contributed by atoms with Crippen LogP contribution in [-0.4, -0.2) is 61.0 Å². The Kier molecular flexibility index (Phi) is 6.43. The normalized spacial score (nSPS) is 23.0. The number of hydrogen-bond acceptors (Lipinski definition) is 6. The molecular weight excluding hydrogens is 380 g/mol. The van der Waals surface area contributed by atoms with Crippen molar-refractivity contribution in [1.29, 1.82) is 0 Å². The molecule has 160 valence electrons. The van der Waals surface area contributed by atoms with E-state index in [-0.39, 0.29) is 12.1 Å². The second kappa shape index (κ2) is 9.22. The van der Waals surface area contributed by atoms with Crippen LogP contribution in [0.1, 0.15) is 49.4 Å². The van der Waals surface area contributed by atoms with E-state index in [1.165, 1.54) is 11.1 Å². The Labute approximate surface area is 178 Å². The maximum absolute atomic E-state index is 10.4. The van der Waals surface area contributed by atoms with Gasteiger partial charge in [-0.15, -0.1) is 0 Å². The first-order valence-corrected chi connectivity index (χ1v) is 10.8. The Balaban J connectivity index is 1.48. The molecule has 3 aliphatic rings. The molecule has 6 heteroatoms. The maximum atomic E-state index is 10.4. The SMILES string of the molecule is CCC(O)(C#Cc1ccc2c(c1)CCN1C=NC(OCC3COCCO3)=CC21)CC. The molecule has 0 amide bonds. The Morgan fingerprint density at radius 2 is 2.17 bits per heavy atom. The standard InChI is InChI=1S/C24H30N2O4/c1-3-24(27,4-2)9-7-18-5-6-21-19(13-18)8-10-26-17-25-23(14-22(21)26)30-16-20-15-28-11-12-29-20/h5-6,13-14,17,20,22,27H,3-4,8,10-12,15-16H2,1-2H3. The molecule has 1 aromatic rings. The van der Waals surface area contributed by atoms with E-state index >= 15 is 0 Å². The molecule has 30 heavy (non-hydrogen) atoms. The third kappa shape index (κ3) is 4.70. The number of rotatable bonds is 5. The highest BCUT2D eigenvalue weighted by Gasteiger charge is 2.28. The third-order valence-corrected chi connectivity index (χ3v) is 6.00. The van der Waals surface area contributed by atoms with Crippen molar-refractivity contribution >= 4 is 6.34 Å². The Morgan fingerprint density at radius 1 is 1.30 bits per heavy atom. The Hall–Kier alpha value is -2.33. The fourth-order valence-electron chi connectivity index (χ4n) is 3.89. The molecule has 0 aromatic heterocycles. The average molecular weight is 411 g/mol. The van der Waals surface area contributed by atoms with E-state index < -0.39 is 5.60 Å². The summed E-state index contributed by atoms with van der Waals surface area (Å²) in [5.74, 6) is 6.84. The minimum absolute atomic E-state index is 0.0439. The van der Waals surface area contributed by atoms with Gasteiger partial charge in [-0.3, -0.25) is 0 Å². The summed E-state index contributed by atoms with van der Waals surface area (Å²) in [6, 6.07) is 6.43. The lowest BCUT2D eigenvalue weighted by atomic mass is 9.90. The van der Waals surface area contributed by atoms with E-state index in [9.17, 15) is 5.11 Å². The van der Waals surface area contributed by atoms with E-state index in [0.29, 0.717) is 45.2 Å². The van der Waals surface area contributed by atoms with E-state index in [1.807, 2.05) is 26.3 Å². The molecule has 0 saturated carbocycles. The summed E-state index contributed by atoms with van der Waals surface area (Å²) in [6.07, 6.45) is 6.10. The average Bonchev–Trinajstić information content (AvgIpc) is 2.81. The van der Waals surface area contributed by atoms with Crippen LogP contribution in [0.5, 0.6) is 0 Å². The zero-order valence-corrected chi connectivity index (χ0v) is 17.8. The summed E-state index contributed by atoms with van der Waals surface area (Å²) in [7, 11) is 0. The molecule has 6 nitrogen and oxygen atoms in total. The molecule has 0 spiro atoms. The lowest BCUT2D eigenvalue weighted by Crippen LogP contribution is -2.36. The Bertz CT molecular complexity index is 873. The zero-order valence-electron chi connectivity index (χ0n) is 17.8. The highest BCUT2D eigenvalue weighted by molar-refractivity contribution is 5.62. The van der Waals surface area contributed by atoms with Crippen LogP contribution in [0, 0.1) is 11.8 Å². The molecule has 3 heterocycles. The minimum atomic E-state index is -0.908. The molecule has 0 aliphatic carbocycles. The lowest BCUT2D eigenvalue weighted by Gasteiger charge is -2.36. The largest absolute Gasteiger partial charge is 0.475 e. The molecule has 1 N–H and O–H groups in total. The predicted molar refractivity (Wildman–Crippen MR) is 115 cm³/mol. The van der Waals surface area contributed by atoms with Crippen molar-refractivity contribution in [2.45, 2.75) is 50.9 Å². The van der Waals surface area contributed by atoms with Gasteiger partial charge in [0, 0.05) is 18.2 Å². The number of ether oxygens (including phenoxy) is 3. The summed E-state index contributed by atoms with van der Waals surface area (Å²) >= 11 is 0. The van der Waals surface area contributed by atoms with Gasteiger partial charge in [-0.05, 0) is 42.5 Å². The monoisotopic (exact) mass is 410 g/mol. The van der Waals surface area contributed by atoms with Crippen LogP contribution in [0.15, 0.2) is 35.2 Å². The van der Waals surface area contributed by atoms with Crippen LogP contribution < -0.4 is 0 Å². The van der Waals surface area contributed by atoms with Crippen molar-refractivity contribution in [2.75, 3.05) is 33.0 Å². The van der Waals surface area contributed by atoms with Crippen LogP contribution in [0.3, 0.4) is 0 Å². The van der Waals surface area contributed by atoms with Gasteiger partial charge in [-0.1, -0.05) is 31.8 Å². The second-order valence-electron chi connectivity index (χ2n) is 7.96. The van der Waals surface area contributed by atoms with Crippen molar-refractivity contribution in [3.63, 3.8) is 0 Å². The smallest absolute Gasteiger partial charge is 0.212 e. The molecule has 1 fully saturated rings. The number of benzene rings is 1. The fourth-order valence-corrected chi connectivity index (χ4v) is 3.89. The van der Waals surface area contributed by atoms with E-state index in [1.54, 1.807) is 0 Å². The lowest BCUT2D eigenvalue weighted by molar-refractivity contribution is -0.108. The third-order valence-electron chi connectivity index (χ3n) is 6.00. The van der Waals surface area contributed by atoms with Crippen molar-refractivity contribution in [1.82, 2.24) is 4.90 Å². The predicted octanol–water partition coefficient (Wildman–Crippen LogP) is 2.80. The van der Waals surface area contributed by atoms with Gasteiger partial charge >= 0.3 is 0 Å². The first-order chi connectivity index (χ1) is 14.6. The fraction of sp³-hybridized carbons (Fsp3) is 0.542. The quantitative estimate of drug-likeness (QED) is 0.757. The molecule has 1 saturated heterocycles. The Morgan fingerprint density at radius 3 is 2.93 bits per heavy atom. The highest BCUT2D eigenvalue weighted by Crippen LogP contribution is 2.33. The van der Waals surface area contributed by atoms with Crippen LogP contribution in [0.25, 0.3) is 0 Å². The van der Waals surface area contributed by atoms with E-state index in [4.69, 9.17) is 14.2 Å². The van der Waals surface area contributed by atoms with Crippen LogP contribution in [0.2, 0.25) is 0 Å². The van der Waals surface area contributed by atoms with E-state index in [0.717, 1.165) is 18.5 Å². The molecule has 0 radical (unpaired) electrons. The number of aliphatic hydroxyl groups is 1. The van der Waals surface area contributed by atoms with Gasteiger partial charge in [-0.2, -0.15) is 0 Å². The molecule has 4 rings (SSSR count). The van der Waals surface area contributed by atoms with Gasteiger partial charge < -0.3 is 24.2 Å². The summed E-state index contributed by atoms with van der Waals surface area (Å²) in [6.45, 7) is 7.08. The van der Waals surface area contributed by atoms with Gasteiger partial charge in [0.25, 0.3) is 0 Å². The minimum Gasteiger partial charge on any atom is -0.475 e. The van der Waals surface area contributed by atoms with Crippen molar-refractivity contribution in [2.24, 2.45) is 4.99 Å². The molecule has 2 atom stereocenters. The van der Waals surface area contributed by atoms with Crippen LogP contribution in [0.4, 0.5) is 0 Å².